The molecule has 2 aromatic carbocycles. The lowest BCUT2D eigenvalue weighted by Crippen LogP contribution is -2.27. The third kappa shape index (κ3) is 3.98. The van der Waals surface area contributed by atoms with Crippen molar-refractivity contribution < 1.29 is 9.53 Å². The third-order valence-corrected chi connectivity index (χ3v) is 4.72. The molecule has 0 saturated carbocycles. The van der Waals surface area contributed by atoms with Gasteiger partial charge in [0.1, 0.15) is 6.10 Å². The Morgan fingerprint density at radius 1 is 1.17 bits per heavy atom. The van der Waals surface area contributed by atoms with E-state index in [0.717, 1.165) is 30.4 Å². The molecule has 0 saturated heterocycles. The first-order chi connectivity index (χ1) is 11.1. The number of hydrogen-bond acceptors (Lipinski definition) is 2. The monoisotopic (exact) mass is 349 g/mol. The molecule has 1 aliphatic carbocycles. The molecule has 0 fully saturated rings. The van der Waals surface area contributed by atoms with Gasteiger partial charge in [0, 0.05) is 6.54 Å². The van der Waals surface area contributed by atoms with Gasteiger partial charge >= 0.3 is 6.09 Å². The van der Waals surface area contributed by atoms with Crippen molar-refractivity contribution in [3.05, 3.63) is 69.2 Å². The highest BCUT2D eigenvalue weighted by molar-refractivity contribution is 6.42. The number of fused-ring (bicyclic) bond motifs is 1. The van der Waals surface area contributed by atoms with Gasteiger partial charge in [-0.1, -0.05) is 53.5 Å². The molecule has 1 N–H and O–H groups in total. The number of ether oxygens (including phenoxy) is 1. The summed E-state index contributed by atoms with van der Waals surface area (Å²) in [5, 5.41) is 3.73. The highest BCUT2D eigenvalue weighted by atomic mass is 35.5. The first-order valence-electron chi connectivity index (χ1n) is 7.59. The molecule has 0 bridgehead atoms. The summed E-state index contributed by atoms with van der Waals surface area (Å²) in [6.45, 7) is 0.351. The van der Waals surface area contributed by atoms with Gasteiger partial charge in [0.05, 0.1) is 10.0 Å². The summed E-state index contributed by atoms with van der Waals surface area (Å²) in [6, 6.07) is 13.4. The lowest BCUT2D eigenvalue weighted by Gasteiger charge is -2.25. The van der Waals surface area contributed by atoms with Crippen LogP contribution < -0.4 is 5.32 Å². The third-order valence-electron chi connectivity index (χ3n) is 3.98. The average Bonchev–Trinajstić information content (AvgIpc) is 2.56. The second-order valence-corrected chi connectivity index (χ2v) is 6.40. The minimum atomic E-state index is -0.419. The van der Waals surface area contributed by atoms with Crippen LogP contribution in [0.1, 0.15) is 35.6 Å². The molecule has 0 heterocycles. The first-order valence-corrected chi connectivity index (χ1v) is 8.35. The maximum absolute atomic E-state index is 12.1. The Bertz CT molecular complexity index is 718. The Hall–Kier alpha value is -1.71. The van der Waals surface area contributed by atoms with E-state index in [2.05, 4.69) is 11.4 Å². The van der Waals surface area contributed by atoms with Gasteiger partial charge in [0.25, 0.3) is 0 Å². The van der Waals surface area contributed by atoms with Gasteiger partial charge in [-0.3, -0.25) is 0 Å². The number of amides is 1. The zero-order valence-electron chi connectivity index (χ0n) is 12.5. The fourth-order valence-corrected chi connectivity index (χ4v) is 3.15. The van der Waals surface area contributed by atoms with Gasteiger partial charge in [-0.05, 0) is 48.1 Å². The molecule has 2 aromatic rings. The number of halogens is 2. The minimum absolute atomic E-state index is 0.172. The Morgan fingerprint density at radius 2 is 2.00 bits per heavy atom. The molecule has 3 rings (SSSR count). The molecule has 0 spiro atoms. The molecule has 3 nitrogen and oxygen atoms in total. The first kappa shape index (κ1) is 16.2. The maximum Gasteiger partial charge on any atom is 0.408 e. The van der Waals surface area contributed by atoms with Gasteiger partial charge in [-0.15, -0.1) is 0 Å². The summed E-state index contributed by atoms with van der Waals surface area (Å²) in [4.78, 5) is 12.1. The largest absolute Gasteiger partial charge is 0.441 e. The van der Waals surface area contributed by atoms with Crippen LogP contribution in [-0.2, 0) is 17.7 Å². The van der Waals surface area contributed by atoms with Crippen LogP contribution in [0, 0.1) is 0 Å². The zero-order valence-corrected chi connectivity index (χ0v) is 14.0. The number of rotatable bonds is 3. The van der Waals surface area contributed by atoms with Crippen LogP contribution >= 0.6 is 23.2 Å². The Labute approximate surface area is 145 Å². The molecule has 23 heavy (non-hydrogen) atoms. The quantitative estimate of drug-likeness (QED) is 0.816. The van der Waals surface area contributed by atoms with E-state index in [1.807, 2.05) is 24.3 Å². The van der Waals surface area contributed by atoms with Crippen LogP contribution in [-0.4, -0.2) is 6.09 Å². The molecular weight excluding hydrogens is 333 g/mol. The highest BCUT2D eigenvalue weighted by Gasteiger charge is 2.23. The molecule has 1 atom stereocenters. The number of carbonyl (C=O) groups excluding carboxylic acids is 1. The predicted molar refractivity (Wildman–Crippen MR) is 91.9 cm³/mol. The van der Waals surface area contributed by atoms with Gasteiger partial charge in [-0.2, -0.15) is 0 Å². The molecule has 120 valence electrons. The molecule has 0 aliphatic heterocycles. The highest BCUT2D eigenvalue weighted by Crippen LogP contribution is 2.32. The van der Waals surface area contributed by atoms with Crippen molar-refractivity contribution in [1.29, 1.82) is 0 Å². The normalized spacial score (nSPS) is 16.5. The summed E-state index contributed by atoms with van der Waals surface area (Å²) >= 11 is 11.8. The van der Waals surface area contributed by atoms with Crippen LogP contribution in [0.2, 0.25) is 10.0 Å². The topological polar surface area (TPSA) is 38.3 Å². The second-order valence-electron chi connectivity index (χ2n) is 5.59. The molecular formula is C18H17Cl2NO2. The number of nitrogens with one attached hydrogen (secondary N) is 1. The maximum atomic E-state index is 12.1. The van der Waals surface area contributed by atoms with Gasteiger partial charge in [-0.25, -0.2) is 4.79 Å². The molecule has 1 amide bonds. The van der Waals surface area contributed by atoms with E-state index in [4.69, 9.17) is 27.9 Å². The summed E-state index contributed by atoms with van der Waals surface area (Å²) in [7, 11) is 0. The SMILES string of the molecule is O=C(NCc1ccc(Cl)c(Cl)c1)O[C@H]1CCCc2ccccc21. The van der Waals surface area contributed by atoms with Crippen molar-refractivity contribution in [3.63, 3.8) is 0 Å². The molecule has 0 aromatic heterocycles. The number of hydrogen-bond donors (Lipinski definition) is 1. The average molecular weight is 350 g/mol. The summed E-state index contributed by atoms with van der Waals surface area (Å²) in [6.07, 6.45) is 2.34. The van der Waals surface area contributed by atoms with Gasteiger partial charge in [0.15, 0.2) is 0 Å². The van der Waals surface area contributed by atoms with Crippen molar-refractivity contribution in [1.82, 2.24) is 5.32 Å². The summed E-state index contributed by atoms with van der Waals surface area (Å²) in [5.74, 6) is 0. The number of aryl methyl sites for hydroxylation is 1. The van der Waals surface area contributed by atoms with Crippen molar-refractivity contribution in [3.8, 4) is 0 Å². The van der Waals surface area contributed by atoms with Crippen molar-refractivity contribution in [2.45, 2.75) is 31.9 Å². The molecule has 0 unspecified atom stereocenters. The van der Waals surface area contributed by atoms with E-state index < -0.39 is 6.09 Å². The summed E-state index contributed by atoms with van der Waals surface area (Å²) in [5.41, 5.74) is 3.25. The van der Waals surface area contributed by atoms with Crippen molar-refractivity contribution in [2.75, 3.05) is 0 Å². The van der Waals surface area contributed by atoms with Crippen molar-refractivity contribution in [2.24, 2.45) is 0 Å². The Morgan fingerprint density at radius 3 is 2.83 bits per heavy atom. The standard InChI is InChI=1S/C18H17Cl2NO2/c19-15-9-8-12(10-16(15)20)11-21-18(22)23-17-7-3-5-13-4-1-2-6-14(13)17/h1-2,4,6,8-10,17H,3,5,7,11H2,(H,21,22)/t17-/m0/s1. The van der Waals surface area contributed by atoms with Crippen molar-refractivity contribution >= 4 is 29.3 Å². The van der Waals surface area contributed by atoms with Gasteiger partial charge < -0.3 is 10.1 Å². The van der Waals surface area contributed by atoms with E-state index >= 15 is 0 Å². The van der Waals surface area contributed by atoms with Gasteiger partial charge in [0.2, 0.25) is 0 Å². The lowest BCUT2D eigenvalue weighted by molar-refractivity contribution is 0.0870. The van der Waals surface area contributed by atoms with E-state index in [0.29, 0.717) is 16.6 Å². The minimum Gasteiger partial charge on any atom is -0.441 e. The number of carbonyl (C=O) groups is 1. The van der Waals surface area contributed by atoms with Crippen LogP contribution in [0.25, 0.3) is 0 Å². The fourth-order valence-electron chi connectivity index (χ4n) is 2.83. The molecule has 1 aliphatic rings. The number of alkyl carbamates (subject to hydrolysis) is 1. The molecule has 5 heteroatoms. The summed E-state index contributed by atoms with van der Waals surface area (Å²) < 4.78 is 5.58. The van der Waals surface area contributed by atoms with Crippen LogP contribution in [0.3, 0.4) is 0 Å². The second kappa shape index (κ2) is 7.24. The van der Waals surface area contributed by atoms with Crippen LogP contribution in [0.15, 0.2) is 42.5 Å². The fraction of sp³-hybridized carbons (Fsp3) is 0.278. The van der Waals surface area contributed by atoms with Crippen LogP contribution in [0.5, 0.6) is 0 Å². The predicted octanol–water partition coefficient (Wildman–Crippen LogP) is 5.30. The van der Waals surface area contributed by atoms with E-state index in [1.54, 1.807) is 12.1 Å². The van der Waals surface area contributed by atoms with E-state index in [9.17, 15) is 4.79 Å². The molecule has 0 radical (unpaired) electrons. The van der Waals surface area contributed by atoms with E-state index in [-0.39, 0.29) is 6.10 Å². The van der Waals surface area contributed by atoms with Crippen LogP contribution in [0.4, 0.5) is 4.79 Å². The van der Waals surface area contributed by atoms with E-state index in [1.165, 1.54) is 5.56 Å². The number of benzene rings is 2. The Balaban J connectivity index is 1.59. The lowest BCUT2D eigenvalue weighted by atomic mass is 9.89. The smallest absolute Gasteiger partial charge is 0.408 e. The zero-order chi connectivity index (χ0) is 16.2. The Kier molecular flexibility index (Phi) is 5.09.